The van der Waals surface area contributed by atoms with E-state index in [1.807, 2.05) is 0 Å². The van der Waals surface area contributed by atoms with E-state index in [2.05, 4.69) is 25.9 Å². The van der Waals surface area contributed by atoms with Gasteiger partial charge in [-0.25, -0.2) is 9.97 Å². The Labute approximate surface area is 118 Å². The topological polar surface area (TPSA) is 44.2 Å². The predicted molar refractivity (Wildman–Crippen MR) is 68.5 cm³/mol. The van der Waals surface area contributed by atoms with Crippen LogP contribution < -0.4 is 0 Å². The van der Waals surface area contributed by atoms with E-state index in [9.17, 15) is 0 Å². The zero-order chi connectivity index (χ0) is 12.5. The van der Waals surface area contributed by atoms with Crippen LogP contribution in [0.1, 0.15) is 18.7 Å². The predicted octanol–water partition coefficient (Wildman–Crippen LogP) is 3.20. The van der Waals surface area contributed by atoms with Crippen molar-refractivity contribution in [1.82, 2.24) is 9.97 Å². The fourth-order valence-corrected chi connectivity index (χ4v) is 2.38. The highest BCUT2D eigenvalue weighted by molar-refractivity contribution is 9.10. The fourth-order valence-electron chi connectivity index (χ4n) is 1.82. The van der Waals surface area contributed by atoms with Crippen LogP contribution in [0.15, 0.2) is 4.47 Å². The highest BCUT2D eigenvalue weighted by Gasteiger charge is 2.38. The average Bonchev–Trinajstić information content (AvgIpc) is 2.36. The standard InChI is InChI=1S/C10H11BrCl2N2O2/c1-16-10(2-4-17-5-3-10)9-14-7(12)6(11)8(13)15-9/h2-5H2,1H3. The van der Waals surface area contributed by atoms with E-state index >= 15 is 0 Å². The minimum atomic E-state index is -0.549. The zero-order valence-corrected chi connectivity index (χ0v) is 12.3. The lowest BCUT2D eigenvalue weighted by atomic mass is 9.93. The monoisotopic (exact) mass is 340 g/mol. The van der Waals surface area contributed by atoms with Gasteiger partial charge >= 0.3 is 0 Å². The quantitative estimate of drug-likeness (QED) is 0.775. The second kappa shape index (κ2) is 5.36. The third-order valence-corrected chi connectivity index (χ3v) is 4.62. The van der Waals surface area contributed by atoms with Crippen LogP contribution in [0.4, 0.5) is 0 Å². The first-order valence-corrected chi connectivity index (χ1v) is 6.66. The maximum absolute atomic E-state index is 5.99. The summed E-state index contributed by atoms with van der Waals surface area (Å²) in [4.78, 5) is 8.49. The third kappa shape index (κ3) is 2.58. The van der Waals surface area contributed by atoms with Crippen LogP contribution in [0.3, 0.4) is 0 Å². The van der Waals surface area contributed by atoms with Crippen LogP contribution in [0, 0.1) is 0 Å². The molecule has 1 aromatic rings. The summed E-state index contributed by atoms with van der Waals surface area (Å²) >= 11 is 15.2. The maximum Gasteiger partial charge on any atom is 0.163 e. The molecule has 4 nitrogen and oxygen atoms in total. The lowest BCUT2D eigenvalue weighted by molar-refractivity contribution is -0.1000. The molecule has 1 aromatic heterocycles. The van der Waals surface area contributed by atoms with E-state index < -0.39 is 5.60 Å². The SMILES string of the molecule is COC1(c2nc(Cl)c(Br)c(Cl)n2)CCOCC1. The van der Waals surface area contributed by atoms with Crippen molar-refractivity contribution in [3.05, 3.63) is 20.6 Å². The van der Waals surface area contributed by atoms with Gasteiger partial charge in [-0.2, -0.15) is 0 Å². The molecule has 0 aliphatic carbocycles. The minimum Gasteiger partial charge on any atom is -0.381 e. The number of nitrogens with zero attached hydrogens (tertiary/aromatic N) is 2. The van der Waals surface area contributed by atoms with Gasteiger partial charge in [0.05, 0.1) is 4.47 Å². The van der Waals surface area contributed by atoms with Gasteiger partial charge in [0.15, 0.2) is 5.82 Å². The zero-order valence-electron chi connectivity index (χ0n) is 9.17. The Bertz CT molecular complexity index is 402. The van der Waals surface area contributed by atoms with E-state index in [4.69, 9.17) is 32.7 Å². The largest absolute Gasteiger partial charge is 0.381 e. The van der Waals surface area contributed by atoms with Gasteiger partial charge in [-0.3, -0.25) is 0 Å². The van der Waals surface area contributed by atoms with Crippen LogP contribution in [-0.2, 0) is 15.1 Å². The molecule has 1 aliphatic rings. The smallest absolute Gasteiger partial charge is 0.163 e. The average molecular weight is 342 g/mol. The summed E-state index contributed by atoms with van der Waals surface area (Å²) < 4.78 is 11.4. The molecule has 7 heteroatoms. The molecule has 0 aromatic carbocycles. The van der Waals surface area contributed by atoms with Crippen molar-refractivity contribution in [2.75, 3.05) is 20.3 Å². The first-order chi connectivity index (χ1) is 8.09. The number of hydrogen-bond acceptors (Lipinski definition) is 4. The van der Waals surface area contributed by atoms with E-state index in [0.717, 1.165) is 0 Å². The number of rotatable bonds is 2. The first-order valence-electron chi connectivity index (χ1n) is 5.11. The normalized spacial score (nSPS) is 19.3. The summed E-state index contributed by atoms with van der Waals surface area (Å²) in [7, 11) is 1.64. The molecule has 2 heterocycles. The van der Waals surface area contributed by atoms with Crippen LogP contribution in [-0.4, -0.2) is 30.3 Å². The molecule has 0 bridgehead atoms. The summed E-state index contributed by atoms with van der Waals surface area (Å²) in [6, 6.07) is 0. The molecule has 0 N–H and O–H groups in total. The van der Waals surface area contributed by atoms with Gasteiger partial charge in [0.25, 0.3) is 0 Å². The van der Waals surface area contributed by atoms with Gasteiger partial charge in [0, 0.05) is 33.2 Å². The van der Waals surface area contributed by atoms with Crippen molar-refractivity contribution in [2.24, 2.45) is 0 Å². The number of aromatic nitrogens is 2. The molecule has 94 valence electrons. The van der Waals surface area contributed by atoms with Crippen LogP contribution in [0.25, 0.3) is 0 Å². The van der Waals surface area contributed by atoms with E-state index in [-0.39, 0.29) is 0 Å². The molecular weight excluding hydrogens is 331 g/mol. The second-order valence-electron chi connectivity index (χ2n) is 3.75. The summed E-state index contributed by atoms with van der Waals surface area (Å²) in [6.07, 6.45) is 1.38. The Morgan fingerprint density at radius 1 is 1.24 bits per heavy atom. The van der Waals surface area contributed by atoms with Crippen molar-refractivity contribution < 1.29 is 9.47 Å². The van der Waals surface area contributed by atoms with Crippen molar-refractivity contribution in [2.45, 2.75) is 18.4 Å². The summed E-state index contributed by atoms with van der Waals surface area (Å²) in [6.45, 7) is 1.23. The molecule has 0 amide bonds. The number of methoxy groups -OCH3 is 1. The molecule has 1 saturated heterocycles. The Hall–Kier alpha value is 0.0600. The van der Waals surface area contributed by atoms with Gasteiger partial charge in [-0.15, -0.1) is 0 Å². The molecule has 0 atom stereocenters. The minimum absolute atomic E-state index is 0.294. The van der Waals surface area contributed by atoms with Gasteiger partial charge in [-0.05, 0) is 15.9 Å². The number of ether oxygens (including phenoxy) is 2. The molecule has 0 saturated carbocycles. The fraction of sp³-hybridized carbons (Fsp3) is 0.600. The summed E-state index contributed by atoms with van der Waals surface area (Å²) in [5.74, 6) is 0.515. The van der Waals surface area contributed by atoms with Crippen molar-refractivity contribution in [3.63, 3.8) is 0 Å². The Balaban J connectivity index is 2.43. The van der Waals surface area contributed by atoms with Crippen LogP contribution >= 0.6 is 39.1 Å². The van der Waals surface area contributed by atoms with Crippen molar-refractivity contribution in [3.8, 4) is 0 Å². The second-order valence-corrected chi connectivity index (χ2v) is 5.26. The lowest BCUT2D eigenvalue weighted by Crippen LogP contribution is -2.37. The van der Waals surface area contributed by atoms with Crippen molar-refractivity contribution in [1.29, 1.82) is 0 Å². The Morgan fingerprint density at radius 2 is 1.76 bits per heavy atom. The van der Waals surface area contributed by atoms with Gasteiger partial charge in [0.2, 0.25) is 0 Å². The number of hydrogen-bond donors (Lipinski definition) is 0. The van der Waals surface area contributed by atoms with Gasteiger partial charge in [0.1, 0.15) is 15.9 Å². The molecule has 1 fully saturated rings. The maximum atomic E-state index is 5.99. The molecular formula is C10H11BrCl2N2O2. The molecule has 0 radical (unpaired) electrons. The van der Waals surface area contributed by atoms with E-state index in [0.29, 0.717) is 46.7 Å². The lowest BCUT2D eigenvalue weighted by Gasteiger charge is -2.34. The molecule has 1 aliphatic heterocycles. The van der Waals surface area contributed by atoms with Gasteiger partial charge < -0.3 is 9.47 Å². The highest BCUT2D eigenvalue weighted by Crippen LogP contribution is 2.36. The molecule has 0 unspecified atom stereocenters. The van der Waals surface area contributed by atoms with E-state index in [1.54, 1.807) is 7.11 Å². The molecule has 17 heavy (non-hydrogen) atoms. The van der Waals surface area contributed by atoms with E-state index in [1.165, 1.54) is 0 Å². The number of halogens is 3. The molecule has 2 rings (SSSR count). The Kier molecular flexibility index (Phi) is 4.26. The highest BCUT2D eigenvalue weighted by atomic mass is 79.9. The van der Waals surface area contributed by atoms with Crippen LogP contribution in [0.5, 0.6) is 0 Å². The Morgan fingerprint density at radius 3 is 2.24 bits per heavy atom. The van der Waals surface area contributed by atoms with Gasteiger partial charge in [-0.1, -0.05) is 23.2 Å². The van der Waals surface area contributed by atoms with Crippen LogP contribution in [0.2, 0.25) is 10.3 Å². The molecule has 0 spiro atoms. The summed E-state index contributed by atoms with van der Waals surface area (Å²) in [5.41, 5.74) is -0.549. The third-order valence-electron chi connectivity index (χ3n) is 2.87. The summed E-state index contributed by atoms with van der Waals surface area (Å²) in [5, 5.41) is 0.589. The van der Waals surface area contributed by atoms with Crippen molar-refractivity contribution >= 4 is 39.1 Å². The first kappa shape index (κ1) is 13.5.